The molecule has 1 aromatic rings. The number of hydrogen-bond acceptors (Lipinski definition) is 5. The zero-order valence-corrected chi connectivity index (χ0v) is 11.8. The van der Waals surface area contributed by atoms with Gasteiger partial charge < -0.3 is 15.9 Å². The number of aromatic amines is 1. The van der Waals surface area contributed by atoms with Crippen molar-refractivity contribution >= 4 is 15.9 Å². The van der Waals surface area contributed by atoms with E-state index in [1.54, 1.807) is 0 Å². The fourth-order valence-corrected chi connectivity index (χ4v) is 3.03. The average Bonchev–Trinajstić information content (AvgIpc) is 2.87. The molecule has 0 saturated carbocycles. The molecule has 4 N–H and O–H groups in total. The fraction of sp³-hybridized carbons (Fsp3) is 0.600. The molecular formula is C10H19N5O3S. The first-order chi connectivity index (χ1) is 8.87. The summed E-state index contributed by atoms with van der Waals surface area (Å²) in [7, 11) is -3.63. The van der Waals surface area contributed by atoms with E-state index in [-0.39, 0.29) is 29.7 Å². The number of nitrogens with two attached hydrogens (primary N) is 1. The van der Waals surface area contributed by atoms with E-state index in [1.807, 2.05) is 13.8 Å². The zero-order valence-electron chi connectivity index (χ0n) is 10.9. The standard InChI is InChI=1S/C10H19N5O3S/c1-8(2)6-15(4-3-9(11)14-16)19(17,18)10-5-12-7-13-10/h5,7-8,16H,3-4,6H2,1-2H3,(H2,11,14)(H,12,13). The molecule has 0 radical (unpaired) electrons. The van der Waals surface area contributed by atoms with Gasteiger partial charge in [-0.15, -0.1) is 0 Å². The van der Waals surface area contributed by atoms with Gasteiger partial charge in [0.1, 0.15) is 5.84 Å². The van der Waals surface area contributed by atoms with Gasteiger partial charge >= 0.3 is 0 Å². The summed E-state index contributed by atoms with van der Waals surface area (Å²) in [6.45, 7) is 4.33. The van der Waals surface area contributed by atoms with Gasteiger partial charge in [0.15, 0.2) is 5.03 Å². The first-order valence-corrected chi connectivity index (χ1v) is 7.27. The van der Waals surface area contributed by atoms with E-state index in [9.17, 15) is 8.42 Å². The third kappa shape index (κ3) is 4.21. The van der Waals surface area contributed by atoms with E-state index in [0.717, 1.165) is 0 Å². The lowest BCUT2D eigenvalue weighted by Crippen LogP contribution is -2.37. The van der Waals surface area contributed by atoms with Gasteiger partial charge in [-0.2, -0.15) is 4.31 Å². The Morgan fingerprint density at radius 1 is 1.63 bits per heavy atom. The van der Waals surface area contributed by atoms with Crippen LogP contribution in [0, 0.1) is 5.92 Å². The van der Waals surface area contributed by atoms with E-state index >= 15 is 0 Å². The second-order valence-electron chi connectivity index (χ2n) is 4.51. The average molecular weight is 289 g/mol. The van der Waals surface area contributed by atoms with Crippen molar-refractivity contribution < 1.29 is 13.6 Å². The minimum Gasteiger partial charge on any atom is -0.409 e. The molecule has 108 valence electrons. The molecule has 19 heavy (non-hydrogen) atoms. The normalized spacial score (nSPS) is 13.4. The van der Waals surface area contributed by atoms with Gasteiger partial charge in [0, 0.05) is 19.5 Å². The molecule has 1 heterocycles. The lowest BCUT2D eigenvalue weighted by Gasteiger charge is -2.22. The van der Waals surface area contributed by atoms with Crippen molar-refractivity contribution in [2.75, 3.05) is 13.1 Å². The Labute approximate surface area is 112 Å². The van der Waals surface area contributed by atoms with Crippen molar-refractivity contribution in [2.45, 2.75) is 25.3 Å². The molecule has 0 saturated heterocycles. The highest BCUT2D eigenvalue weighted by Gasteiger charge is 2.26. The van der Waals surface area contributed by atoms with Crippen molar-refractivity contribution in [1.82, 2.24) is 14.3 Å². The van der Waals surface area contributed by atoms with Gasteiger partial charge in [0.05, 0.1) is 12.5 Å². The van der Waals surface area contributed by atoms with Gasteiger partial charge in [-0.1, -0.05) is 19.0 Å². The molecule has 0 atom stereocenters. The molecule has 0 aliphatic heterocycles. The summed E-state index contributed by atoms with van der Waals surface area (Å²) in [5, 5.41) is 11.4. The second-order valence-corrected chi connectivity index (χ2v) is 6.42. The van der Waals surface area contributed by atoms with Gasteiger partial charge in [-0.05, 0) is 5.92 Å². The van der Waals surface area contributed by atoms with Gasteiger partial charge in [-0.25, -0.2) is 13.4 Å². The Morgan fingerprint density at radius 2 is 2.32 bits per heavy atom. The van der Waals surface area contributed by atoms with Crippen LogP contribution in [0.25, 0.3) is 0 Å². The van der Waals surface area contributed by atoms with Gasteiger partial charge in [0.25, 0.3) is 10.0 Å². The van der Waals surface area contributed by atoms with Crippen molar-refractivity contribution in [2.24, 2.45) is 16.8 Å². The molecule has 0 fully saturated rings. The van der Waals surface area contributed by atoms with E-state index in [4.69, 9.17) is 10.9 Å². The molecule has 9 heteroatoms. The van der Waals surface area contributed by atoms with Crippen molar-refractivity contribution in [3.8, 4) is 0 Å². The molecule has 1 aromatic heterocycles. The Balaban J connectivity index is 2.90. The van der Waals surface area contributed by atoms with Crippen LogP contribution in [-0.2, 0) is 10.0 Å². The van der Waals surface area contributed by atoms with E-state index in [0.29, 0.717) is 6.54 Å². The maximum absolute atomic E-state index is 12.3. The number of imidazole rings is 1. The molecule has 0 unspecified atom stereocenters. The van der Waals surface area contributed by atoms with E-state index < -0.39 is 10.0 Å². The summed E-state index contributed by atoms with van der Waals surface area (Å²) in [4.78, 5) is 6.29. The van der Waals surface area contributed by atoms with Crippen LogP contribution < -0.4 is 5.73 Å². The Bertz CT molecular complexity index is 509. The van der Waals surface area contributed by atoms with Crippen LogP contribution >= 0.6 is 0 Å². The molecule has 0 amide bonds. The first-order valence-electron chi connectivity index (χ1n) is 5.83. The Hall–Kier alpha value is -1.61. The number of nitrogens with zero attached hydrogens (tertiary/aromatic N) is 3. The molecule has 0 aliphatic rings. The molecule has 0 spiro atoms. The first kappa shape index (κ1) is 15.4. The molecular weight excluding hydrogens is 270 g/mol. The van der Waals surface area contributed by atoms with E-state index in [1.165, 1.54) is 16.8 Å². The number of sulfonamides is 1. The summed E-state index contributed by atoms with van der Waals surface area (Å²) in [5.74, 6) is 0.151. The molecule has 8 nitrogen and oxygen atoms in total. The van der Waals surface area contributed by atoms with Gasteiger partial charge in [0.2, 0.25) is 0 Å². The summed E-state index contributed by atoms with van der Waals surface area (Å²) in [6, 6.07) is 0. The van der Waals surface area contributed by atoms with Crippen LogP contribution in [0.4, 0.5) is 0 Å². The van der Waals surface area contributed by atoms with Crippen LogP contribution in [0.3, 0.4) is 0 Å². The predicted octanol–water partition coefficient (Wildman–Crippen LogP) is 0.193. The molecule has 0 aromatic carbocycles. The van der Waals surface area contributed by atoms with Crippen LogP contribution in [0.2, 0.25) is 0 Å². The van der Waals surface area contributed by atoms with Crippen LogP contribution in [0.5, 0.6) is 0 Å². The minimum atomic E-state index is -3.63. The topological polar surface area (TPSA) is 125 Å². The van der Waals surface area contributed by atoms with Crippen molar-refractivity contribution in [3.05, 3.63) is 12.5 Å². The maximum atomic E-state index is 12.3. The fourth-order valence-electron chi connectivity index (χ4n) is 1.53. The SMILES string of the molecule is CC(C)CN(CCC(N)=NO)S(=O)(=O)c1cnc[nH]1. The highest BCUT2D eigenvalue weighted by Crippen LogP contribution is 2.14. The largest absolute Gasteiger partial charge is 0.409 e. The molecule has 0 bridgehead atoms. The number of nitrogens with one attached hydrogen (secondary N) is 1. The zero-order chi connectivity index (χ0) is 14.5. The predicted molar refractivity (Wildman–Crippen MR) is 70.2 cm³/mol. The number of oxime groups is 1. The summed E-state index contributed by atoms with van der Waals surface area (Å²) in [5.41, 5.74) is 5.37. The Kier molecular flexibility index (Phi) is 5.31. The van der Waals surface area contributed by atoms with Crippen LogP contribution in [-0.4, -0.2) is 46.8 Å². The number of aromatic nitrogens is 2. The van der Waals surface area contributed by atoms with Crippen LogP contribution in [0.15, 0.2) is 22.7 Å². The molecule has 1 rings (SSSR count). The lowest BCUT2D eigenvalue weighted by atomic mass is 10.2. The second kappa shape index (κ2) is 6.53. The number of H-pyrrole nitrogens is 1. The Morgan fingerprint density at radius 3 is 2.79 bits per heavy atom. The third-order valence-corrected chi connectivity index (χ3v) is 4.20. The quantitative estimate of drug-likeness (QED) is 0.286. The van der Waals surface area contributed by atoms with Crippen molar-refractivity contribution in [3.63, 3.8) is 0 Å². The highest BCUT2D eigenvalue weighted by atomic mass is 32.2. The van der Waals surface area contributed by atoms with Gasteiger partial charge in [-0.3, -0.25) is 0 Å². The molecule has 0 aliphatic carbocycles. The summed E-state index contributed by atoms with van der Waals surface area (Å²) >= 11 is 0. The smallest absolute Gasteiger partial charge is 0.260 e. The van der Waals surface area contributed by atoms with E-state index in [2.05, 4.69) is 15.1 Å². The maximum Gasteiger partial charge on any atom is 0.260 e. The van der Waals surface area contributed by atoms with Crippen LogP contribution in [0.1, 0.15) is 20.3 Å². The van der Waals surface area contributed by atoms with Crippen molar-refractivity contribution in [1.29, 1.82) is 0 Å². The number of amidine groups is 1. The third-order valence-electron chi connectivity index (χ3n) is 2.41. The number of hydrogen-bond donors (Lipinski definition) is 3. The lowest BCUT2D eigenvalue weighted by molar-refractivity contribution is 0.314. The highest BCUT2D eigenvalue weighted by molar-refractivity contribution is 7.89. The minimum absolute atomic E-state index is 0.00596. The summed E-state index contributed by atoms with van der Waals surface area (Å²) in [6.07, 6.45) is 2.73. The monoisotopic (exact) mass is 289 g/mol. The number of rotatable bonds is 7. The summed E-state index contributed by atoms with van der Waals surface area (Å²) < 4.78 is 26.0.